The maximum Gasteiger partial charge on any atom is 0.0738 e. The van der Waals surface area contributed by atoms with Crippen molar-refractivity contribution in [1.29, 1.82) is 0 Å². The first-order chi connectivity index (χ1) is 10.0. The minimum atomic E-state index is 0.108. The molecule has 0 aliphatic heterocycles. The lowest BCUT2D eigenvalue weighted by molar-refractivity contribution is 0.593. The van der Waals surface area contributed by atoms with Crippen molar-refractivity contribution in [2.75, 3.05) is 5.75 Å². The van der Waals surface area contributed by atoms with E-state index in [1.807, 2.05) is 11.6 Å². The van der Waals surface area contributed by atoms with Crippen LogP contribution in [0.25, 0.3) is 0 Å². The van der Waals surface area contributed by atoms with Gasteiger partial charge in [-0.3, -0.25) is 4.68 Å². The van der Waals surface area contributed by atoms with Gasteiger partial charge in [0.2, 0.25) is 0 Å². The minimum absolute atomic E-state index is 0.108. The Morgan fingerprint density at radius 3 is 2.57 bits per heavy atom. The summed E-state index contributed by atoms with van der Waals surface area (Å²) in [6.45, 7) is 4.99. The van der Waals surface area contributed by atoms with Crippen LogP contribution in [0.2, 0.25) is 0 Å². The molecule has 2 rings (SSSR count). The number of rotatable bonds is 6. The van der Waals surface area contributed by atoms with Crippen LogP contribution in [-0.4, -0.2) is 21.6 Å². The number of benzene rings is 1. The third-order valence-electron chi connectivity index (χ3n) is 3.19. The van der Waals surface area contributed by atoms with Gasteiger partial charge in [-0.15, -0.1) is 11.8 Å². The van der Waals surface area contributed by atoms with E-state index in [0.29, 0.717) is 0 Å². The SMILES string of the molecule is CCn1nc(C)c(Br)c1CC(N)CSc1ccc(Br)cc1. The Hall–Kier alpha value is -0.300. The second kappa shape index (κ2) is 7.81. The Balaban J connectivity index is 1.95. The van der Waals surface area contributed by atoms with E-state index in [4.69, 9.17) is 5.73 Å². The van der Waals surface area contributed by atoms with Crippen molar-refractivity contribution in [2.24, 2.45) is 5.73 Å². The second-order valence-corrected chi connectivity index (χ2v) is 7.69. The van der Waals surface area contributed by atoms with Gasteiger partial charge >= 0.3 is 0 Å². The number of hydrogen-bond donors (Lipinski definition) is 1. The lowest BCUT2D eigenvalue weighted by Crippen LogP contribution is -2.27. The van der Waals surface area contributed by atoms with Crippen LogP contribution in [0.15, 0.2) is 38.1 Å². The van der Waals surface area contributed by atoms with E-state index in [0.717, 1.165) is 33.4 Å². The van der Waals surface area contributed by atoms with Crippen LogP contribution in [0.1, 0.15) is 18.3 Å². The molecule has 21 heavy (non-hydrogen) atoms. The normalized spacial score (nSPS) is 12.6. The Bertz CT molecular complexity index is 596. The molecular formula is C15H19Br2N3S. The van der Waals surface area contributed by atoms with Gasteiger partial charge in [-0.25, -0.2) is 0 Å². The predicted octanol–water partition coefficient (Wildman–Crippen LogP) is 4.40. The van der Waals surface area contributed by atoms with Crippen molar-refractivity contribution in [3.63, 3.8) is 0 Å². The van der Waals surface area contributed by atoms with Gasteiger partial charge in [0, 0.05) is 34.1 Å². The van der Waals surface area contributed by atoms with Crippen molar-refractivity contribution >= 4 is 43.6 Å². The molecule has 2 N–H and O–H groups in total. The number of aromatic nitrogens is 2. The summed E-state index contributed by atoms with van der Waals surface area (Å²) in [6, 6.07) is 8.44. The first-order valence-corrected chi connectivity index (χ1v) is 9.44. The highest BCUT2D eigenvalue weighted by Crippen LogP contribution is 2.25. The van der Waals surface area contributed by atoms with Gasteiger partial charge in [0.05, 0.1) is 15.9 Å². The molecule has 0 bridgehead atoms. The lowest BCUT2D eigenvalue weighted by atomic mass is 10.2. The van der Waals surface area contributed by atoms with E-state index in [1.165, 1.54) is 10.6 Å². The standard InChI is InChI=1S/C15H19Br2N3S/c1-3-20-14(15(17)10(2)19-20)8-12(18)9-21-13-6-4-11(16)5-7-13/h4-7,12H,3,8-9,18H2,1-2H3. The van der Waals surface area contributed by atoms with E-state index >= 15 is 0 Å². The molecule has 0 aliphatic rings. The molecule has 0 radical (unpaired) electrons. The summed E-state index contributed by atoms with van der Waals surface area (Å²) < 4.78 is 4.22. The number of hydrogen-bond acceptors (Lipinski definition) is 3. The van der Waals surface area contributed by atoms with E-state index in [-0.39, 0.29) is 6.04 Å². The topological polar surface area (TPSA) is 43.8 Å². The van der Waals surface area contributed by atoms with Gasteiger partial charge in [-0.1, -0.05) is 15.9 Å². The molecule has 114 valence electrons. The predicted molar refractivity (Wildman–Crippen MR) is 96.9 cm³/mol. The van der Waals surface area contributed by atoms with E-state index in [9.17, 15) is 0 Å². The minimum Gasteiger partial charge on any atom is -0.327 e. The monoisotopic (exact) mass is 431 g/mol. The fraction of sp³-hybridized carbons (Fsp3) is 0.400. The molecule has 1 aromatic heterocycles. The number of nitrogens with zero attached hydrogens (tertiary/aromatic N) is 2. The van der Waals surface area contributed by atoms with Crippen molar-refractivity contribution in [1.82, 2.24) is 9.78 Å². The third kappa shape index (κ3) is 4.58. The summed E-state index contributed by atoms with van der Waals surface area (Å²) in [4.78, 5) is 1.24. The summed E-state index contributed by atoms with van der Waals surface area (Å²) >= 11 is 8.86. The van der Waals surface area contributed by atoms with Crippen LogP contribution in [0.5, 0.6) is 0 Å². The van der Waals surface area contributed by atoms with Gasteiger partial charge in [-0.2, -0.15) is 5.10 Å². The largest absolute Gasteiger partial charge is 0.327 e. The van der Waals surface area contributed by atoms with Gasteiger partial charge in [0.1, 0.15) is 0 Å². The van der Waals surface area contributed by atoms with E-state index in [2.05, 4.69) is 68.1 Å². The molecule has 0 amide bonds. The third-order valence-corrected chi connectivity index (χ3v) is 5.95. The molecule has 2 aromatic rings. The number of nitrogens with two attached hydrogens (primary N) is 1. The summed E-state index contributed by atoms with van der Waals surface area (Å²) in [5.41, 5.74) is 8.51. The van der Waals surface area contributed by atoms with E-state index < -0.39 is 0 Å². The van der Waals surface area contributed by atoms with Crippen LogP contribution >= 0.6 is 43.6 Å². The van der Waals surface area contributed by atoms with E-state index in [1.54, 1.807) is 11.8 Å². The zero-order valence-electron chi connectivity index (χ0n) is 12.1. The molecule has 1 aromatic carbocycles. The summed E-state index contributed by atoms with van der Waals surface area (Å²) in [5, 5.41) is 4.51. The first-order valence-electron chi connectivity index (χ1n) is 6.87. The number of thioether (sulfide) groups is 1. The van der Waals surface area contributed by atoms with Crippen molar-refractivity contribution in [3.05, 3.63) is 44.6 Å². The molecule has 1 heterocycles. The van der Waals surface area contributed by atoms with Crippen LogP contribution in [0.4, 0.5) is 0 Å². The Morgan fingerprint density at radius 1 is 1.29 bits per heavy atom. The fourth-order valence-electron chi connectivity index (χ4n) is 2.11. The Labute approximate surface area is 146 Å². The smallest absolute Gasteiger partial charge is 0.0738 e. The second-order valence-electron chi connectivity index (χ2n) is 4.89. The molecule has 0 fully saturated rings. The molecule has 0 spiro atoms. The molecule has 1 unspecified atom stereocenters. The quantitative estimate of drug-likeness (QED) is 0.688. The summed E-state index contributed by atoms with van der Waals surface area (Å²) in [5.74, 6) is 0.891. The molecule has 3 nitrogen and oxygen atoms in total. The van der Waals surface area contributed by atoms with Gasteiger partial charge in [0.15, 0.2) is 0 Å². The van der Waals surface area contributed by atoms with Gasteiger partial charge < -0.3 is 5.73 Å². The molecular weight excluding hydrogens is 414 g/mol. The zero-order valence-corrected chi connectivity index (χ0v) is 16.1. The van der Waals surface area contributed by atoms with Crippen molar-refractivity contribution in [2.45, 2.75) is 37.8 Å². The average Bonchev–Trinajstić information content (AvgIpc) is 2.74. The number of aryl methyl sites for hydroxylation is 2. The Kier molecular flexibility index (Phi) is 6.34. The lowest BCUT2D eigenvalue weighted by Gasteiger charge is -2.13. The maximum atomic E-state index is 6.29. The molecule has 6 heteroatoms. The van der Waals surface area contributed by atoms with Crippen molar-refractivity contribution in [3.8, 4) is 0 Å². The van der Waals surface area contributed by atoms with Crippen LogP contribution < -0.4 is 5.73 Å². The molecule has 0 saturated heterocycles. The van der Waals surface area contributed by atoms with Crippen molar-refractivity contribution < 1.29 is 0 Å². The van der Waals surface area contributed by atoms with Crippen LogP contribution in [0.3, 0.4) is 0 Å². The molecule has 1 atom stereocenters. The van der Waals surface area contributed by atoms with Gasteiger partial charge in [0.25, 0.3) is 0 Å². The molecule has 0 saturated carbocycles. The first kappa shape index (κ1) is 17.1. The zero-order chi connectivity index (χ0) is 15.4. The molecule has 0 aliphatic carbocycles. The number of halogens is 2. The van der Waals surface area contributed by atoms with Gasteiger partial charge in [-0.05, 0) is 54.0 Å². The highest BCUT2D eigenvalue weighted by Gasteiger charge is 2.15. The van der Waals surface area contributed by atoms with Crippen LogP contribution in [-0.2, 0) is 13.0 Å². The average molecular weight is 433 g/mol. The highest BCUT2D eigenvalue weighted by atomic mass is 79.9. The summed E-state index contributed by atoms with van der Waals surface area (Å²) in [7, 11) is 0. The highest BCUT2D eigenvalue weighted by molar-refractivity contribution is 9.10. The maximum absolute atomic E-state index is 6.29. The Morgan fingerprint density at radius 2 is 1.95 bits per heavy atom. The van der Waals surface area contributed by atoms with Crippen LogP contribution in [0, 0.1) is 6.92 Å². The summed E-state index contributed by atoms with van der Waals surface area (Å²) in [6.07, 6.45) is 0.832. The fourth-order valence-corrected chi connectivity index (χ4v) is 3.67.